The van der Waals surface area contributed by atoms with E-state index in [0.717, 1.165) is 24.2 Å². The summed E-state index contributed by atoms with van der Waals surface area (Å²) in [5.41, 5.74) is 1.43. The second kappa shape index (κ2) is 5.35. The molecule has 0 radical (unpaired) electrons. The quantitative estimate of drug-likeness (QED) is 0.847. The van der Waals surface area contributed by atoms with Crippen molar-refractivity contribution in [2.75, 3.05) is 0 Å². The Morgan fingerprint density at radius 1 is 1.52 bits per heavy atom. The molecule has 1 aliphatic rings. The van der Waals surface area contributed by atoms with Gasteiger partial charge in [0.2, 0.25) is 0 Å². The number of hydrogen-bond acceptors (Lipinski definition) is 4. The van der Waals surface area contributed by atoms with E-state index in [1.54, 1.807) is 16.9 Å². The summed E-state index contributed by atoms with van der Waals surface area (Å²) in [4.78, 5) is 14.5. The van der Waals surface area contributed by atoms with E-state index in [4.69, 9.17) is 4.52 Å². The van der Waals surface area contributed by atoms with Gasteiger partial charge in [-0.05, 0) is 12.8 Å². The van der Waals surface area contributed by atoms with Crippen molar-refractivity contribution in [2.45, 2.75) is 45.2 Å². The standard InChI is InChI=1S/C15H20N4O2/c1-10(2)14-6-13(17-21-14)15(20)19(12-4-5-12)9-11-7-16-18(3)8-11/h6-8,10,12H,4-5,9H2,1-3H3. The van der Waals surface area contributed by atoms with E-state index in [9.17, 15) is 4.79 Å². The molecule has 0 atom stereocenters. The average Bonchev–Trinajstić information content (AvgIpc) is 3.00. The zero-order valence-corrected chi connectivity index (χ0v) is 12.6. The highest BCUT2D eigenvalue weighted by Crippen LogP contribution is 2.30. The molecule has 1 fully saturated rings. The molecule has 21 heavy (non-hydrogen) atoms. The minimum absolute atomic E-state index is 0.0583. The van der Waals surface area contributed by atoms with E-state index < -0.39 is 0 Å². The summed E-state index contributed by atoms with van der Waals surface area (Å²) >= 11 is 0. The molecule has 0 bridgehead atoms. The van der Waals surface area contributed by atoms with Gasteiger partial charge in [0.05, 0.1) is 6.20 Å². The molecule has 2 aromatic rings. The van der Waals surface area contributed by atoms with Gasteiger partial charge in [0.25, 0.3) is 5.91 Å². The maximum absolute atomic E-state index is 12.6. The molecule has 6 heteroatoms. The van der Waals surface area contributed by atoms with E-state index in [1.807, 2.05) is 32.0 Å². The third-order valence-electron chi connectivity index (χ3n) is 3.68. The number of hydrogen-bond donors (Lipinski definition) is 0. The fraction of sp³-hybridized carbons (Fsp3) is 0.533. The van der Waals surface area contributed by atoms with Crippen molar-refractivity contribution in [3.63, 3.8) is 0 Å². The topological polar surface area (TPSA) is 64.2 Å². The highest BCUT2D eigenvalue weighted by molar-refractivity contribution is 5.92. The largest absolute Gasteiger partial charge is 0.360 e. The molecule has 0 aliphatic heterocycles. The monoisotopic (exact) mass is 288 g/mol. The Morgan fingerprint density at radius 3 is 2.81 bits per heavy atom. The first-order chi connectivity index (χ1) is 10.0. The molecule has 1 aliphatic carbocycles. The second-order valence-corrected chi connectivity index (χ2v) is 5.96. The van der Waals surface area contributed by atoms with Crippen molar-refractivity contribution < 1.29 is 9.32 Å². The number of rotatable bonds is 5. The molecule has 0 aromatic carbocycles. The number of aryl methyl sites for hydroxylation is 1. The smallest absolute Gasteiger partial charge is 0.276 e. The average molecular weight is 288 g/mol. The highest BCUT2D eigenvalue weighted by Gasteiger charge is 2.34. The van der Waals surface area contributed by atoms with Crippen molar-refractivity contribution in [2.24, 2.45) is 7.05 Å². The fourth-order valence-electron chi connectivity index (χ4n) is 2.31. The first-order valence-electron chi connectivity index (χ1n) is 7.29. The number of aromatic nitrogens is 3. The predicted molar refractivity (Wildman–Crippen MR) is 76.7 cm³/mol. The van der Waals surface area contributed by atoms with Crippen molar-refractivity contribution >= 4 is 5.91 Å². The van der Waals surface area contributed by atoms with Crippen LogP contribution in [0.3, 0.4) is 0 Å². The van der Waals surface area contributed by atoms with Gasteiger partial charge < -0.3 is 9.42 Å². The molecule has 3 rings (SSSR count). The molecule has 2 aromatic heterocycles. The molecule has 6 nitrogen and oxygen atoms in total. The van der Waals surface area contributed by atoms with Gasteiger partial charge in [-0.2, -0.15) is 5.10 Å². The zero-order valence-electron chi connectivity index (χ0n) is 12.6. The molecule has 112 valence electrons. The number of carbonyl (C=O) groups excluding carboxylic acids is 1. The third kappa shape index (κ3) is 2.99. The van der Waals surface area contributed by atoms with E-state index in [1.165, 1.54) is 0 Å². The van der Waals surface area contributed by atoms with Crippen LogP contribution >= 0.6 is 0 Å². The Hall–Kier alpha value is -2.11. The van der Waals surface area contributed by atoms with Crippen LogP contribution in [0.5, 0.6) is 0 Å². The van der Waals surface area contributed by atoms with E-state index >= 15 is 0 Å². The highest BCUT2D eigenvalue weighted by atomic mass is 16.5. The summed E-state index contributed by atoms with van der Waals surface area (Å²) in [6, 6.07) is 2.07. The number of amides is 1. The van der Waals surface area contributed by atoms with Crippen LogP contribution in [0, 0.1) is 0 Å². The van der Waals surface area contributed by atoms with Crippen molar-refractivity contribution in [1.82, 2.24) is 19.8 Å². The molecule has 0 saturated heterocycles. The van der Waals surface area contributed by atoms with Crippen LogP contribution in [0.4, 0.5) is 0 Å². The van der Waals surface area contributed by atoms with Crippen LogP contribution in [-0.2, 0) is 13.6 Å². The summed E-state index contributed by atoms with van der Waals surface area (Å²) in [5, 5.41) is 8.08. The van der Waals surface area contributed by atoms with Crippen LogP contribution in [-0.4, -0.2) is 31.8 Å². The lowest BCUT2D eigenvalue weighted by Crippen LogP contribution is -2.32. The molecule has 2 heterocycles. The van der Waals surface area contributed by atoms with Gasteiger partial charge in [0, 0.05) is 43.4 Å². The molecular weight excluding hydrogens is 268 g/mol. The summed E-state index contributed by atoms with van der Waals surface area (Å²) in [6.45, 7) is 4.60. The van der Waals surface area contributed by atoms with Crippen molar-refractivity contribution in [3.05, 3.63) is 35.5 Å². The molecule has 1 amide bonds. The molecule has 0 spiro atoms. The van der Waals surface area contributed by atoms with Crippen LogP contribution in [0.15, 0.2) is 23.0 Å². The van der Waals surface area contributed by atoms with Gasteiger partial charge in [0.15, 0.2) is 5.69 Å². The molecule has 0 N–H and O–H groups in total. The molecule has 1 saturated carbocycles. The van der Waals surface area contributed by atoms with E-state index in [2.05, 4.69) is 10.3 Å². The second-order valence-electron chi connectivity index (χ2n) is 5.96. The van der Waals surface area contributed by atoms with Crippen molar-refractivity contribution in [1.29, 1.82) is 0 Å². The summed E-state index contributed by atoms with van der Waals surface area (Å²) < 4.78 is 6.99. The van der Waals surface area contributed by atoms with Gasteiger partial charge in [0.1, 0.15) is 5.76 Å². The summed E-state index contributed by atoms with van der Waals surface area (Å²) in [6.07, 6.45) is 5.85. The van der Waals surface area contributed by atoms with Crippen LogP contribution in [0.2, 0.25) is 0 Å². The predicted octanol–water partition coefficient (Wildman–Crippen LogP) is 2.34. The lowest BCUT2D eigenvalue weighted by atomic mass is 10.1. The van der Waals surface area contributed by atoms with E-state index in [0.29, 0.717) is 18.3 Å². The first-order valence-corrected chi connectivity index (χ1v) is 7.29. The van der Waals surface area contributed by atoms with Crippen LogP contribution in [0.25, 0.3) is 0 Å². The lowest BCUT2D eigenvalue weighted by Gasteiger charge is -2.20. The Labute approximate surface area is 123 Å². The number of nitrogens with zero attached hydrogens (tertiary/aromatic N) is 4. The molecule has 0 unspecified atom stereocenters. The minimum atomic E-state index is -0.0583. The van der Waals surface area contributed by atoms with Gasteiger partial charge in [-0.1, -0.05) is 19.0 Å². The minimum Gasteiger partial charge on any atom is -0.360 e. The SMILES string of the molecule is CC(C)c1cc(C(=O)N(Cc2cnn(C)c2)C2CC2)no1. The van der Waals surface area contributed by atoms with Gasteiger partial charge in [-0.15, -0.1) is 0 Å². The van der Waals surface area contributed by atoms with Gasteiger partial charge in [-0.25, -0.2) is 0 Å². The lowest BCUT2D eigenvalue weighted by molar-refractivity contribution is 0.0719. The van der Waals surface area contributed by atoms with Crippen LogP contribution in [0.1, 0.15) is 54.4 Å². The van der Waals surface area contributed by atoms with Gasteiger partial charge >= 0.3 is 0 Å². The maximum atomic E-state index is 12.6. The summed E-state index contributed by atoms with van der Waals surface area (Å²) in [5.74, 6) is 0.916. The maximum Gasteiger partial charge on any atom is 0.276 e. The zero-order chi connectivity index (χ0) is 15.0. The van der Waals surface area contributed by atoms with E-state index in [-0.39, 0.29) is 11.8 Å². The van der Waals surface area contributed by atoms with Crippen molar-refractivity contribution in [3.8, 4) is 0 Å². The first kappa shape index (κ1) is 13.9. The molecular formula is C15H20N4O2. The summed E-state index contributed by atoms with van der Waals surface area (Å²) in [7, 11) is 1.87. The Kier molecular flexibility index (Phi) is 3.53. The normalized spacial score (nSPS) is 14.7. The fourth-order valence-corrected chi connectivity index (χ4v) is 2.31. The number of carbonyl (C=O) groups is 1. The van der Waals surface area contributed by atoms with Crippen LogP contribution < -0.4 is 0 Å². The Balaban J connectivity index is 1.78. The Bertz CT molecular complexity index is 640. The third-order valence-corrected chi connectivity index (χ3v) is 3.68. The Morgan fingerprint density at radius 2 is 2.29 bits per heavy atom. The van der Waals surface area contributed by atoms with Gasteiger partial charge in [-0.3, -0.25) is 9.48 Å².